The average Bonchev–Trinajstić information content (AvgIpc) is 3.05. The number of aromatic nitrogens is 2. The number of nitrogens with zero attached hydrogens (tertiary/aromatic N) is 2. The molecule has 0 bridgehead atoms. The second kappa shape index (κ2) is 7.74. The summed E-state index contributed by atoms with van der Waals surface area (Å²) < 4.78 is 15.5. The van der Waals surface area contributed by atoms with E-state index in [2.05, 4.69) is 36.3 Å². The number of aryl methyl sites for hydroxylation is 3. The topological polar surface area (TPSA) is 46.9 Å². The summed E-state index contributed by atoms with van der Waals surface area (Å²) >= 11 is 1.34. The molecule has 0 atom stereocenters. The van der Waals surface area contributed by atoms with E-state index >= 15 is 0 Å². The summed E-state index contributed by atoms with van der Waals surface area (Å²) in [5, 5.41) is 3.45. The molecule has 0 saturated carbocycles. The number of carbonyl (C=O) groups is 1. The monoisotopic (exact) mass is 369 g/mol. The molecule has 6 heteroatoms. The lowest BCUT2D eigenvalue weighted by molar-refractivity contribution is -0.113. The van der Waals surface area contributed by atoms with Gasteiger partial charge in [-0.3, -0.25) is 9.36 Å². The van der Waals surface area contributed by atoms with Gasteiger partial charge in [0.1, 0.15) is 5.82 Å². The van der Waals surface area contributed by atoms with Crippen molar-refractivity contribution in [2.45, 2.75) is 25.9 Å². The van der Waals surface area contributed by atoms with Crippen LogP contribution in [0.5, 0.6) is 0 Å². The Morgan fingerprint density at radius 3 is 2.69 bits per heavy atom. The number of benzene rings is 2. The summed E-state index contributed by atoms with van der Waals surface area (Å²) in [6.45, 7) is 5.79. The first kappa shape index (κ1) is 18.2. The summed E-state index contributed by atoms with van der Waals surface area (Å²) in [5.74, 6) is -0.341. The van der Waals surface area contributed by atoms with Gasteiger partial charge in [0.05, 0.1) is 11.4 Å². The molecule has 3 aromatic rings. The zero-order chi connectivity index (χ0) is 18.7. The highest BCUT2D eigenvalue weighted by Gasteiger charge is 2.11. The Morgan fingerprint density at radius 2 is 1.96 bits per heavy atom. The minimum atomic E-state index is -0.333. The molecule has 0 aliphatic rings. The maximum absolute atomic E-state index is 13.6. The number of hydrogen-bond acceptors (Lipinski definition) is 3. The number of rotatable bonds is 5. The number of anilines is 1. The first-order valence-electron chi connectivity index (χ1n) is 8.24. The standard InChI is InChI=1S/C20H20FN3OS/c1-13-4-7-18(15(3)10-13)24-9-8-22-20(24)26-12-19(25)23-16-6-5-14(2)17(21)11-16/h4-11H,12H2,1-3H3,(H,23,25). The van der Waals surface area contributed by atoms with Crippen LogP contribution in [0.25, 0.3) is 5.69 Å². The van der Waals surface area contributed by atoms with Gasteiger partial charge in [-0.25, -0.2) is 9.37 Å². The number of nitrogens with one attached hydrogen (secondary N) is 1. The van der Waals surface area contributed by atoms with Crippen molar-refractivity contribution in [1.29, 1.82) is 0 Å². The quantitative estimate of drug-likeness (QED) is 0.665. The van der Waals surface area contributed by atoms with Gasteiger partial charge in [0.15, 0.2) is 5.16 Å². The molecule has 0 spiro atoms. The molecule has 0 aliphatic heterocycles. The molecule has 0 saturated heterocycles. The molecule has 0 radical (unpaired) electrons. The Bertz CT molecular complexity index is 952. The average molecular weight is 369 g/mol. The van der Waals surface area contributed by atoms with Gasteiger partial charge in [-0.2, -0.15) is 0 Å². The van der Waals surface area contributed by atoms with Crippen molar-refractivity contribution in [1.82, 2.24) is 9.55 Å². The number of imidazole rings is 1. The van der Waals surface area contributed by atoms with Crippen molar-refractivity contribution in [3.05, 3.63) is 71.3 Å². The van der Waals surface area contributed by atoms with Gasteiger partial charge in [-0.05, 0) is 50.1 Å². The van der Waals surface area contributed by atoms with E-state index in [0.717, 1.165) is 16.4 Å². The lowest BCUT2D eigenvalue weighted by Gasteiger charge is -2.11. The number of amides is 1. The molecule has 26 heavy (non-hydrogen) atoms. The van der Waals surface area contributed by atoms with Crippen molar-refractivity contribution in [2.24, 2.45) is 0 Å². The van der Waals surface area contributed by atoms with Gasteiger partial charge < -0.3 is 5.32 Å². The highest BCUT2D eigenvalue weighted by molar-refractivity contribution is 7.99. The number of carbonyl (C=O) groups excluding carboxylic acids is 1. The first-order valence-corrected chi connectivity index (χ1v) is 9.22. The Balaban J connectivity index is 1.68. The number of hydrogen-bond donors (Lipinski definition) is 1. The van der Waals surface area contributed by atoms with E-state index in [9.17, 15) is 9.18 Å². The maximum atomic E-state index is 13.6. The lowest BCUT2D eigenvalue weighted by atomic mass is 10.1. The Labute approximate surface area is 156 Å². The zero-order valence-electron chi connectivity index (χ0n) is 14.9. The second-order valence-electron chi connectivity index (χ2n) is 6.17. The normalized spacial score (nSPS) is 10.8. The number of thioether (sulfide) groups is 1. The van der Waals surface area contributed by atoms with E-state index in [1.54, 1.807) is 25.3 Å². The predicted octanol–water partition coefficient (Wildman–Crippen LogP) is 4.67. The molecule has 1 aromatic heterocycles. The predicted molar refractivity (Wildman–Crippen MR) is 104 cm³/mol. The smallest absolute Gasteiger partial charge is 0.234 e. The van der Waals surface area contributed by atoms with Crippen LogP contribution in [0, 0.1) is 26.6 Å². The molecule has 3 rings (SSSR count). The third-order valence-corrected chi connectivity index (χ3v) is 4.97. The molecule has 1 N–H and O–H groups in total. The van der Waals surface area contributed by atoms with E-state index in [0.29, 0.717) is 11.3 Å². The van der Waals surface area contributed by atoms with Crippen molar-refractivity contribution in [2.75, 3.05) is 11.1 Å². The van der Waals surface area contributed by atoms with Gasteiger partial charge in [0.25, 0.3) is 0 Å². The van der Waals surface area contributed by atoms with Gasteiger partial charge >= 0.3 is 0 Å². The molecule has 134 valence electrons. The van der Waals surface area contributed by atoms with Gasteiger partial charge in [0.2, 0.25) is 5.91 Å². The van der Waals surface area contributed by atoms with Crippen molar-refractivity contribution >= 4 is 23.4 Å². The Kier molecular flexibility index (Phi) is 5.42. The summed E-state index contributed by atoms with van der Waals surface area (Å²) in [7, 11) is 0. The van der Waals surface area contributed by atoms with E-state index in [1.807, 2.05) is 16.8 Å². The molecule has 0 unspecified atom stereocenters. The third kappa shape index (κ3) is 4.14. The molecular weight excluding hydrogens is 349 g/mol. The van der Waals surface area contributed by atoms with E-state index < -0.39 is 0 Å². The van der Waals surface area contributed by atoms with Crippen LogP contribution in [-0.4, -0.2) is 21.2 Å². The minimum Gasteiger partial charge on any atom is -0.325 e. The molecule has 0 aliphatic carbocycles. The summed E-state index contributed by atoms with van der Waals surface area (Å²) in [5.41, 5.74) is 4.38. The van der Waals surface area contributed by atoms with Crippen LogP contribution in [0.3, 0.4) is 0 Å². The van der Waals surface area contributed by atoms with Gasteiger partial charge in [0, 0.05) is 18.1 Å². The Hall–Kier alpha value is -2.60. The van der Waals surface area contributed by atoms with E-state index in [-0.39, 0.29) is 17.5 Å². The fourth-order valence-corrected chi connectivity index (χ4v) is 3.42. The van der Waals surface area contributed by atoms with Crippen LogP contribution in [0.15, 0.2) is 53.9 Å². The SMILES string of the molecule is Cc1ccc(-n2ccnc2SCC(=O)Nc2ccc(C)c(F)c2)c(C)c1. The van der Waals surface area contributed by atoms with Crippen LogP contribution >= 0.6 is 11.8 Å². The maximum Gasteiger partial charge on any atom is 0.234 e. The van der Waals surface area contributed by atoms with Gasteiger partial charge in [-0.15, -0.1) is 0 Å². The molecule has 0 fully saturated rings. The fraction of sp³-hybridized carbons (Fsp3) is 0.200. The summed E-state index contributed by atoms with van der Waals surface area (Å²) in [6.07, 6.45) is 3.60. The van der Waals surface area contributed by atoms with Crippen molar-refractivity contribution in [3.8, 4) is 5.69 Å². The van der Waals surface area contributed by atoms with Crippen LogP contribution < -0.4 is 5.32 Å². The molecule has 4 nitrogen and oxygen atoms in total. The van der Waals surface area contributed by atoms with Gasteiger partial charge in [-0.1, -0.05) is 35.5 Å². The largest absolute Gasteiger partial charge is 0.325 e. The molecule has 1 heterocycles. The molecule has 1 amide bonds. The second-order valence-corrected chi connectivity index (χ2v) is 7.11. The van der Waals surface area contributed by atoms with E-state index in [4.69, 9.17) is 0 Å². The zero-order valence-corrected chi connectivity index (χ0v) is 15.7. The van der Waals surface area contributed by atoms with Crippen LogP contribution in [0.4, 0.5) is 10.1 Å². The lowest BCUT2D eigenvalue weighted by Crippen LogP contribution is -2.14. The minimum absolute atomic E-state index is 0.192. The fourth-order valence-electron chi connectivity index (χ4n) is 2.65. The summed E-state index contributed by atoms with van der Waals surface area (Å²) in [6, 6.07) is 10.9. The molecule has 2 aromatic carbocycles. The highest BCUT2D eigenvalue weighted by atomic mass is 32.2. The third-order valence-electron chi connectivity index (χ3n) is 4.01. The molecular formula is C20H20FN3OS. The van der Waals surface area contributed by atoms with Crippen LogP contribution in [-0.2, 0) is 4.79 Å². The summed E-state index contributed by atoms with van der Waals surface area (Å²) in [4.78, 5) is 16.5. The van der Waals surface area contributed by atoms with Crippen molar-refractivity contribution < 1.29 is 9.18 Å². The van der Waals surface area contributed by atoms with E-state index in [1.165, 1.54) is 23.4 Å². The van der Waals surface area contributed by atoms with Crippen LogP contribution in [0.2, 0.25) is 0 Å². The van der Waals surface area contributed by atoms with Crippen LogP contribution in [0.1, 0.15) is 16.7 Å². The first-order chi connectivity index (χ1) is 12.4. The highest BCUT2D eigenvalue weighted by Crippen LogP contribution is 2.23. The number of halogens is 1. The Morgan fingerprint density at radius 1 is 1.15 bits per heavy atom. The van der Waals surface area contributed by atoms with Crippen molar-refractivity contribution in [3.63, 3.8) is 0 Å².